The summed E-state index contributed by atoms with van der Waals surface area (Å²) in [7, 11) is 1.70. The standard InChI is InChI=1S/C26H29N5O2S2/c1-5-17(2)31-25(33)22(35-26(31)34)15-20-18(3)21(16-27)24(32)28(4)23(20)30-13-11-29(12-14-30)19-9-7-6-8-10-19/h6-10,15,17H,5,11-14H2,1-4H3/b22-15-. The predicted molar refractivity (Wildman–Crippen MR) is 147 cm³/mol. The summed E-state index contributed by atoms with van der Waals surface area (Å²) in [5.41, 5.74) is 2.26. The number of aromatic nitrogens is 1. The van der Waals surface area contributed by atoms with E-state index in [9.17, 15) is 14.9 Å². The zero-order valence-electron chi connectivity index (χ0n) is 20.4. The van der Waals surface area contributed by atoms with Crippen LogP contribution in [0.2, 0.25) is 0 Å². The van der Waals surface area contributed by atoms with Crippen LogP contribution >= 0.6 is 24.0 Å². The van der Waals surface area contributed by atoms with E-state index in [1.165, 1.54) is 17.4 Å². The molecular weight excluding hydrogens is 478 g/mol. The van der Waals surface area contributed by atoms with Gasteiger partial charge < -0.3 is 9.80 Å². The van der Waals surface area contributed by atoms with Crippen LogP contribution in [-0.4, -0.2) is 51.9 Å². The highest BCUT2D eigenvalue weighted by Gasteiger charge is 2.35. The monoisotopic (exact) mass is 507 g/mol. The Balaban J connectivity index is 1.75. The lowest BCUT2D eigenvalue weighted by molar-refractivity contribution is -0.123. The van der Waals surface area contributed by atoms with Crippen LogP contribution in [0.3, 0.4) is 0 Å². The number of rotatable bonds is 5. The summed E-state index contributed by atoms with van der Waals surface area (Å²) in [5, 5.41) is 9.71. The molecule has 0 bridgehead atoms. The maximum absolute atomic E-state index is 13.2. The third-order valence-electron chi connectivity index (χ3n) is 6.80. The minimum absolute atomic E-state index is 0.00910. The lowest BCUT2D eigenvalue weighted by Gasteiger charge is -2.38. The van der Waals surface area contributed by atoms with E-state index >= 15 is 0 Å². The molecule has 2 aliphatic rings. The van der Waals surface area contributed by atoms with Gasteiger partial charge in [-0.05, 0) is 44.0 Å². The first-order valence-corrected chi connectivity index (χ1v) is 13.0. The van der Waals surface area contributed by atoms with Crippen LogP contribution in [-0.2, 0) is 11.8 Å². The number of hydrogen-bond donors (Lipinski definition) is 0. The fourth-order valence-electron chi connectivity index (χ4n) is 4.58. The number of amides is 1. The van der Waals surface area contributed by atoms with E-state index in [0.717, 1.165) is 30.9 Å². The highest BCUT2D eigenvalue weighted by molar-refractivity contribution is 8.26. The molecule has 2 fully saturated rings. The summed E-state index contributed by atoms with van der Waals surface area (Å²) in [6, 6.07) is 12.3. The third kappa shape index (κ3) is 4.60. The van der Waals surface area contributed by atoms with Gasteiger partial charge in [0.05, 0.1) is 4.91 Å². The third-order valence-corrected chi connectivity index (χ3v) is 8.13. The van der Waals surface area contributed by atoms with Crippen LogP contribution in [0.25, 0.3) is 6.08 Å². The van der Waals surface area contributed by atoms with Crippen LogP contribution in [0.5, 0.6) is 0 Å². The lowest BCUT2D eigenvalue weighted by Crippen LogP contribution is -2.48. The molecule has 1 amide bonds. The first kappa shape index (κ1) is 25.0. The average molecular weight is 508 g/mol. The molecule has 1 atom stereocenters. The summed E-state index contributed by atoms with van der Waals surface area (Å²) in [6.07, 6.45) is 2.62. The highest BCUT2D eigenvalue weighted by atomic mass is 32.2. The quantitative estimate of drug-likeness (QED) is 0.449. The van der Waals surface area contributed by atoms with Gasteiger partial charge in [-0.1, -0.05) is 49.1 Å². The number of nitrogens with zero attached hydrogens (tertiary/aromatic N) is 5. The number of piperazine rings is 1. The molecular formula is C26H29N5O2S2. The van der Waals surface area contributed by atoms with Gasteiger partial charge >= 0.3 is 0 Å². The number of pyridine rings is 1. The van der Waals surface area contributed by atoms with Crippen LogP contribution in [0.15, 0.2) is 40.0 Å². The molecule has 0 N–H and O–H groups in total. The van der Waals surface area contributed by atoms with Crippen molar-refractivity contribution in [3.05, 3.63) is 62.3 Å². The van der Waals surface area contributed by atoms with Crippen molar-refractivity contribution in [3.8, 4) is 6.07 Å². The van der Waals surface area contributed by atoms with E-state index in [1.807, 2.05) is 38.1 Å². The molecule has 4 rings (SSSR count). The molecule has 3 heterocycles. The summed E-state index contributed by atoms with van der Waals surface area (Å²) in [5.74, 6) is 0.606. The van der Waals surface area contributed by atoms with Crippen molar-refractivity contribution in [2.75, 3.05) is 36.0 Å². The number of nitriles is 1. The fourth-order valence-corrected chi connectivity index (χ4v) is 6.03. The van der Waals surface area contributed by atoms with Crippen molar-refractivity contribution in [2.24, 2.45) is 7.05 Å². The summed E-state index contributed by atoms with van der Waals surface area (Å²) < 4.78 is 2.09. The summed E-state index contributed by atoms with van der Waals surface area (Å²) in [4.78, 5) is 32.9. The molecule has 0 saturated carbocycles. The van der Waals surface area contributed by atoms with Gasteiger partial charge in [-0.3, -0.25) is 19.1 Å². The second-order valence-corrected chi connectivity index (χ2v) is 10.5. The lowest BCUT2D eigenvalue weighted by atomic mass is 10.0. The molecule has 35 heavy (non-hydrogen) atoms. The number of para-hydroxylation sites is 1. The Kier molecular flexibility index (Phi) is 7.33. The van der Waals surface area contributed by atoms with Crippen molar-refractivity contribution < 1.29 is 4.79 Å². The number of thiocarbonyl (C=S) groups is 1. The molecule has 0 aliphatic carbocycles. The Morgan fingerprint density at radius 3 is 2.37 bits per heavy atom. The predicted octanol–water partition coefficient (Wildman–Crippen LogP) is 3.89. The van der Waals surface area contributed by atoms with E-state index in [0.29, 0.717) is 27.9 Å². The second-order valence-electron chi connectivity index (χ2n) is 8.83. The second kappa shape index (κ2) is 10.3. The zero-order valence-corrected chi connectivity index (χ0v) is 22.1. The van der Waals surface area contributed by atoms with Crippen molar-refractivity contribution in [1.29, 1.82) is 5.26 Å². The molecule has 7 nitrogen and oxygen atoms in total. The molecule has 2 aliphatic heterocycles. The summed E-state index contributed by atoms with van der Waals surface area (Å²) in [6.45, 7) is 8.81. The molecule has 9 heteroatoms. The Morgan fingerprint density at radius 2 is 1.77 bits per heavy atom. The number of carbonyl (C=O) groups is 1. The molecule has 1 aromatic heterocycles. The maximum Gasteiger partial charge on any atom is 0.270 e. The van der Waals surface area contributed by atoms with Crippen molar-refractivity contribution in [3.63, 3.8) is 0 Å². The SMILES string of the molecule is CCC(C)N1C(=O)/C(=C/c2c(C)c(C#N)c(=O)n(C)c2N2CCN(c3ccccc3)CC2)SC1=S. The minimum atomic E-state index is -0.324. The van der Waals surface area contributed by atoms with E-state index in [1.54, 1.807) is 23.4 Å². The van der Waals surface area contributed by atoms with Crippen LogP contribution in [0.4, 0.5) is 11.5 Å². The van der Waals surface area contributed by atoms with Crippen molar-refractivity contribution >= 4 is 51.8 Å². The minimum Gasteiger partial charge on any atom is -0.368 e. The van der Waals surface area contributed by atoms with Crippen molar-refractivity contribution in [2.45, 2.75) is 33.2 Å². The number of carbonyl (C=O) groups excluding carboxylic acids is 1. The number of hydrogen-bond acceptors (Lipinski definition) is 7. The maximum atomic E-state index is 13.2. The van der Waals surface area contributed by atoms with Gasteiger partial charge in [0.25, 0.3) is 11.5 Å². The Morgan fingerprint density at radius 1 is 1.14 bits per heavy atom. The van der Waals surface area contributed by atoms with Gasteiger partial charge in [0.1, 0.15) is 21.8 Å². The van der Waals surface area contributed by atoms with Gasteiger partial charge in [-0.25, -0.2) is 0 Å². The number of benzene rings is 1. The van der Waals surface area contributed by atoms with Crippen LogP contribution < -0.4 is 15.4 Å². The molecule has 0 radical (unpaired) electrons. The molecule has 182 valence electrons. The van der Waals surface area contributed by atoms with Gasteiger partial charge in [0, 0.05) is 50.5 Å². The number of anilines is 2. The van der Waals surface area contributed by atoms with Gasteiger partial charge in [-0.15, -0.1) is 0 Å². The average Bonchev–Trinajstić information content (AvgIpc) is 3.15. The van der Waals surface area contributed by atoms with Gasteiger partial charge in [0.2, 0.25) is 0 Å². The first-order chi connectivity index (χ1) is 16.8. The normalized spacial score (nSPS) is 18.4. The van der Waals surface area contributed by atoms with E-state index in [-0.39, 0.29) is 23.1 Å². The molecule has 0 spiro atoms. The number of thioether (sulfide) groups is 1. The molecule has 2 saturated heterocycles. The Labute approximate surface area is 215 Å². The van der Waals surface area contributed by atoms with Crippen molar-refractivity contribution in [1.82, 2.24) is 9.47 Å². The molecule has 2 aromatic rings. The van der Waals surface area contributed by atoms with Crippen LogP contribution in [0.1, 0.15) is 37.0 Å². The van der Waals surface area contributed by atoms with E-state index in [4.69, 9.17) is 12.2 Å². The Hall–Kier alpha value is -3.09. The van der Waals surface area contributed by atoms with Gasteiger partial charge in [0.15, 0.2) is 0 Å². The zero-order chi connectivity index (χ0) is 25.3. The Bertz CT molecular complexity index is 1290. The van der Waals surface area contributed by atoms with E-state index < -0.39 is 0 Å². The highest BCUT2D eigenvalue weighted by Crippen LogP contribution is 2.37. The van der Waals surface area contributed by atoms with Gasteiger partial charge in [-0.2, -0.15) is 5.26 Å². The summed E-state index contributed by atoms with van der Waals surface area (Å²) >= 11 is 6.78. The first-order valence-electron chi connectivity index (χ1n) is 11.7. The van der Waals surface area contributed by atoms with E-state index in [2.05, 4.69) is 28.0 Å². The smallest absolute Gasteiger partial charge is 0.270 e. The topological polar surface area (TPSA) is 72.6 Å². The largest absolute Gasteiger partial charge is 0.368 e. The van der Waals surface area contributed by atoms with Crippen LogP contribution in [0, 0.1) is 18.3 Å². The molecule has 1 aromatic carbocycles. The fraction of sp³-hybridized carbons (Fsp3) is 0.385. The molecule has 1 unspecified atom stereocenters.